The molecule has 58 heavy (non-hydrogen) atoms. The molecular weight excluding hydrogens is 703 g/mol. The van der Waals surface area contributed by atoms with Gasteiger partial charge in [0.1, 0.15) is 0 Å². The van der Waals surface area contributed by atoms with E-state index in [4.69, 9.17) is 0 Å². The Morgan fingerprint density at radius 3 is 1.67 bits per heavy atom. The molecule has 0 unspecified atom stereocenters. The van der Waals surface area contributed by atoms with Gasteiger partial charge in [0.2, 0.25) is 0 Å². The Morgan fingerprint density at radius 2 is 0.966 bits per heavy atom. The standard InChI is InChI=1S/C55H39N3/c1-3-16-40(17-4-2)56-50-26-14-12-23-45(50)47-34-37(29-32-51(47)56)38-30-33-52-48(35-38)55-43(24-15-27-53(55)57(52)41-18-7-5-8-19-41)39-28-31-46-44-22-11-13-25-49(44)58(54(46)36-39)42-20-9-6-10-21-42/h3-36H,1H2,2H3/b17-4-,40-16+. The summed E-state index contributed by atoms with van der Waals surface area (Å²) in [4.78, 5) is 0. The second-order valence-corrected chi connectivity index (χ2v) is 14.9. The number of nitrogens with zero attached hydrogens (tertiary/aromatic N) is 3. The number of hydrogen-bond donors (Lipinski definition) is 0. The first kappa shape index (κ1) is 33.7. The zero-order valence-corrected chi connectivity index (χ0v) is 32.2. The second-order valence-electron chi connectivity index (χ2n) is 14.9. The zero-order chi connectivity index (χ0) is 38.7. The molecule has 0 atom stereocenters. The number of hydrogen-bond acceptors (Lipinski definition) is 0. The van der Waals surface area contributed by atoms with Crippen LogP contribution < -0.4 is 0 Å². The summed E-state index contributed by atoms with van der Waals surface area (Å²) in [6, 6.07) is 66.6. The predicted molar refractivity (Wildman–Crippen MR) is 248 cm³/mol. The Labute approximate surface area is 336 Å². The van der Waals surface area contributed by atoms with E-state index >= 15 is 0 Å². The highest BCUT2D eigenvalue weighted by Gasteiger charge is 2.20. The number of fused-ring (bicyclic) bond motifs is 9. The van der Waals surface area contributed by atoms with Crippen LogP contribution in [0, 0.1) is 0 Å². The largest absolute Gasteiger partial charge is 0.309 e. The van der Waals surface area contributed by atoms with Gasteiger partial charge in [0.15, 0.2) is 0 Å². The maximum absolute atomic E-state index is 4.01. The number of rotatable bonds is 7. The van der Waals surface area contributed by atoms with Crippen molar-refractivity contribution in [1.82, 2.24) is 13.7 Å². The van der Waals surface area contributed by atoms with Gasteiger partial charge in [0.25, 0.3) is 0 Å². The minimum Gasteiger partial charge on any atom is -0.309 e. The van der Waals surface area contributed by atoms with Crippen molar-refractivity contribution in [2.45, 2.75) is 6.92 Å². The van der Waals surface area contributed by atoms with Gasteiger partial charge in [0.05, 0.1) is 33.1 Å². The smallest absolute Gasteiger partial charge is 0.0547 e. The van der Waals surface area contributed by atoms with Crippen LogP contribution in [0.2, 0.25) is 0 Å². The molecule has 0 fully saturated rings. The van der Waals surface area contributed by atoms with Crippen LogP contribution in [0.4, 0.5) is 0 Å². The highest BCUT2D eigenvalue weighted by molar-refractivity contribution is 6.18. The van der Waals surface area contributed by atoms with Crippen molar-refractivity contribution in [2.24, 2.45) is 0 Å². The van der Waals surface area contributed by atoms with Gasteiger partial charge in [-0.05, 0) is 114 Å². The van der Waals surface area contributed by atoms with Gasteiger partial charge in [-0.15, -0.1) is 0 Å². The van der Waals surface area contributed by atoms with Gasteiger partial charge in [-0.25, -0.2) is 0 Å². The minimum atomic E-state index is 1.08. The zero-order valence-electron chi connectivity index (χ0n) is 32.2. The molecule has 0 aliphatic rings. The van der Waals surface area contributed by atoms with Gasteiger partial charge in [0, 0.05) is 49.4 Å². The number of para-hydroxylation sites is 4. The van der Waals surface area contributed by atoms with E-state index in [9.17, 15) is 0 Å². The van der Waals surface area contributed by atoms with Crippen LogP contribution in [-0.2, 0) is 0 Å². The number of allylic oxidation sites excluding steroid dienone is 5. The molecule has 0 saturated carbocycles. The molecule has 11 rings (SSSR count). The lowest BCUT2D eigenvalue weighted by Crippen LogP contribution is -1.94. The Kier molecular flexibility index (Phi) is 7.87. The second kappa shape index (κ2) is 13.5. The lowest BCUT2D eigenvalue weighted by Gasteiger charge is -2.10. The number of benzene rings is 8. The van der Waals surface area contributed by atoms with Crippen molar-refractivity contribution < 1.29 is 0 Å². The molecule has 3 heterocycles. The van der Waals surface area contributed by atoms with Crippen LogP contribution in [0.25, 0.3) is 105 Å². The third-order valence-corrected chi connectivity index (χ3v) is 11.7. The molecule has 0 aliphatic carbocycles. The van der Waals surface area contributed by atoms with Crippen LogP contribution in [0.1, 0.15) is 6.92 Å². The van der Waals surface area contributed by atoms with Crippen molar-refractivity contribution in [1.29, 1.82) is 0 Å². The predicted octanol–water partition coefficient (Wildman–Crippen LogP) is 14.9. The summed E-state index contributed by atoms with van der Waals surface area (Å²) in [6.07, 6.45) is 8.17. The summed E-state index contributed by atoms with van der Waals surface area (Å²) < 4.78 is 7.16. The summed E-state index contributed by atoms with van der Waals surface area (Å²) >= 11 is 0. The van der Waals surface area contributed by atoms with E-state index < -0.39 is 0 Å². The number of aromatic nitrogens is 3. The SMILES string of the molecule is C=C/C=C(\C=C/C)n1c2ccccc2c2cc(-c3ccc4c(c3)c3c(-c5ccc6c7ccccc7n(-c7ccccc7)c6c5)cccc3n4-c3ccccc3)ccc21. The van der Waals surface area contributed by atoms with Crippen LogP contribution in [-0.4, -0.2) is 13.7 Å². The molecule has 0 spiro atoms. The van der Waals surface area contributed by atoms with Gasteiger partial charge in [-0.1, -0.05) is 128 Å². The van der Waals surface area contributed by atoms with E-state index in [2.05, 4.69) is 227 Å². The van der Waals surface area contributed by atoms with Gasteiger partial charge >= 0.3 is 0 Å². The van der Waals surface area contributed by atoms with Gasteiger partial charge in [-0.3, -0.25) is 0 Å². The summed E-state index contributed by atoms with van der Waals surface area (Å²) in [7, 11) is 0. The fraction of sp³-hybridized carbons (Fsp3) is 0.0182. The fourth-order valence-electron chi connectivity index (χ4n) is 9.27. The lowest BCUT2D eigenvalue weighted by atomic mass is 9.96. The average Bonchev–Trinajstić information content (AvgIpc) is 3.92. The van der Waals surface area contributed by atoms with Crippen molar-refractivity contribution in [2.75, 3.05) is 0 Å². The molecule has 8 aromatic carbocycles. The van der Waals surface area contributed by atoms with E-state index in [1.54, 1.807) is 0 Å². The third-order valence-electron chi connectivity index (χ3n) is 11.7. The minimum absolute atomic E-state index is 1.08. The third kappa shape index (κ3) is 5.14. The van der Waals surface area contributed by atoms with E-state index in [1.165, 1.54) is 87.7 Å². The maximum atomic E-state index is 4.01. The molecule has 3 nitrogen and oxygen atoms in total. The maximum Gasteiger partial charge on any atom is 0.0547 e. The normalized spacial score (nSPS) is 12.3. The van der Waals surface area contributed by atoms with Gasteiger partial charge < -0.3 is 13.7 Å². The molecule has 274 valence electrons. The molecule has 0 saturated heterocycles. The topological polar surface area (TPSA) is 14.8 Å². The summed E-state index contributed by atoms with van der Waals surface area (Å²) in [5.74, 6) is 0. The summed E-state index contributed by atoms with van der Waals surface area (Å²) in [6.45, 7) is 6.07. The summed E-state index contributed by atoms with van der Waals surface area (Å²) in [5, 5.41) is 7.43. The highest BCUT2D eigenvalue weighted by atomic mass is 15.0. The Morgan fingerprint density at radius 1 is 0.431 bits per heavy atom. The first-order valence-corrected chi connectivity index (χ1v) is 19.9. The molecule has 0 N–H and O–H groups in total. The van der Waals surface area contributed by atoms with E-state index in [0.29, 0.717) is 0 Å². The Hall–Kier alpha value is -7.62. The Bertz CT molecular complexity index is 3460. The Balaban J connectivity index is 1.16. The van der Waals surface area contributed by atoms with Crippen molar-refractivity contribution in [3.63, 3.8) is 0 Å². The molecule has 0 bridgehead atoms. The molecule has 0 aliphatic heterocycles. The molecule has 3 aromatic heterocycles. The van der Waals surface area contributed by atoms with Crippen LogP contribution in [0.15, 0.2) is 213 Å². The van der Waals surface area contributed by atoms with Gasteiger partial charge in [-0.2, -0.15) is 0 Å². The van der Waals surface area contributed by atoms with E-state index in [0.717, 1.165) is 17.1 Å². The van der Waals surface area contributed by atoms with E-state index in [1.807, 2.05) is 6.08 Å². The highest BCUT2D eigenvalue weighted by Crippen LogP contribution is 2.43. The first-order valence-electron chi connectivity index (χ1n) is 19.9. The molecular formula is C55H39N3. The first-order chi connectivity index (χ1) is 28.7. The summed E-state index contributed by atoms with van der Waals surface area (Å²) in [5.41, 5.74) is 15.3. The molecule has 11 aromatic rings. The van der Waals surface area contributed by atoms with Crippen molar-refractivity contribution in [3.05, 3.63) is 213 Å². The fourth-order valence-corrected chi connectivity index (χ4v) is 9.27. The van der Waals surface area contributed by atoms with Crippen LogP contribution in [0.3, 0.4) is 0 Å². The molecule has 0 radical (unpaired) electrons. The molecule has 3 heteroatoms. The average molecular weight is 742 g/mol. The molecule has 0 amide bonds. The van der Waals surface area contributed by atoms with E-state index in [-0.39, 0.29) is 0 Å². The van der Waals surface area contributed by atoms with Crippen LogP contribution >= 0.6 is 0 Å². The van der Waals surface area contributed by atoms with Crippen molar-refractivity contribution in [3.8, 4) is 33.6 Å². The van der Waals surface area contributed by atoms with Crippen molar-refractivity contribution >= 4 is 71.1 Å². The monoisotopic (exact) mass is 741 g/mol. The quantitative estimate of drug-likeness (QED) is 0.145. The van der Waals surface area contributed by atoms with Crippen LogP contribution in [0.5, 0.6) is 0 Å². The lowest BCUT2D eigenvalue weighted by molar-refractivity contribution is 1.18.